The van der Waals surface area contributed by atoms with E-state index in [2.05, 4.69) is 21.8 Å². The van der Waals surface area contributed by atoms with Gasteiger partial charge < -0.3 is 14.9 Å². The number of nitrogens with zero attached hydrogens (tertiary/aromatic N) is 4. The summed E-state index contributed by atoms with van der Waals surface area (Å²) in [5, 5.41) is 9.27. The predicted octanol–water partition coefficient (Wildman–Crippen LogP) is 2.32. The van der Waals surface area contributed by atoms with Gasteiger partial charge in [-0.1, -0.05) is 0 Å². The van der Waals surface area contributed by atoms with Gasteiger partial charge >= 0.3 is 6.18 Å². The minimum atomic E-state index is -4.40. The van der Waals surface area contributed by atoms with Gasteiger partial charge in [0.05, 0.1) is 5.56 Å². The molecule has 2 atom stereocenters. The number of likely N-dealkylation sites (N-methyl/N-ethyl adjacent to an activating group) is 1. The molecule has 2 aliphatic rings. The molecule has 0 aliphatic carbocycles. The molecule has 0 bridgehead atoms. The third-order valence-electron chi connectivity index (χ3n) is 5.83. The molecular formula is C19H29F3N4O. The van der Waals surface area contributed by atoms with Crippen LogP contribution in [0, 0.1) is 5.92 Å². The molecule has 0 radical (unpaired) electrons. The van der Waals surface area contributed by atoms with E-state index in [0.717, 1.165) is 45.1 Å². The van der Waals surface area contributed by atoms with Gasteiger partial charge in [-0.2, -0.15) is 13.2 Å². The Kier molecular flexibility index (Phi) is 6.60. The van der Waals surface area contributed by atoms with E-state index in [1.807, 2.05) is 0 Å². The van der Waals surface area contributed by atoms with Crippen LogP contribution in [-0.2, 0) is 6.18 Å². The second-order valence-electron chi connectivity index (χ2n) is 7.64. The van der Waals surface area contributed by atoms with E-state index in [4.69, 9.17) is 0 Å². The fraction of sp³-hybridized carbons (Fsp3) is 0.737. The van der Waals surface area contributed by atoms with Crippen LogP contribution in [0.15, 0.2) is 18.3 Å². The molecule has 8 heteroatoms. The van der Waals surface area contributed by atoms with Crippen molar-refractivity contribution >= 4 is 5.82 Å². The van der Waals surface area contributed by atoms with Crippen molar-refractivity contribution in [1.29, 1.82) is 0 Å². The van der Waals surface area contributed by atoms with Gasteiger partial charge in [0.1, 0.15) is 5.82 Å². The van der Waals surface area contributed by atoms with Crippen LogP contribution in [0.3, 0.4) is 0 Å². The van der Waals surface area contributed by atoms with Crippen LogP contribution in [0.4, 0.5) is 19.0 Å². The minimum Gasteiger partial charge on any atom is -0.396 e. The van der Waals surface area contributed by atoms with Crippen molar-refractivity contribution in [3.63, 3.8) is 0 Å². The van der Waals surface area contributed by atoms with Crippen molar-refractivity contribution in [3.05, 3.63) is 23.9 Å². The number of rotatable bonds is 5. The van der Waals surface area contributed by atoms with Crippen LogP contribution in [0.5, 0.6) is 0 Å². The first kappa shape index (κ1) is 20.4. The molecule has 0 spiro atoms. The predicted molar refractivity (Wildman–Crippen MR) is 98.7 cm³/mol. The summed E-state index contributed by atoms with van der Waals surface area (Å²) in [6.45, 7) is 5.27. The van der Waals surface area contributed by atoms with E-state index in [0.29, 0.717) is 25.6 Å². The first-order chi connectivity index (χ1) is 12.9. The molecule has 27 heavy (non-hydrogen) atoms. The highest BCUT2D eigenvalue weighted by atomic mass is 19.4. The number of anilines is 1. The van der Waals surface area contributed by atoms with Crippen molar-refractivity contribution in [2.24, 2.45) is 5.92 Å². The quantitative estimate of drug-likeness (QED) is 0.841. The minimum absolute atomic E-state index is 0.0378. The molecule has 2 aliphatic heterocycles. The lowest BCUT2D eigenvalue weighted by atomic mass is 9.86. The number of halogens is 3. The van der Waals surface area contributed by atoms with Gasteiger partial charge in [0, 0.05) is 58.1 Å². The standard InChI is InChI=1S/C19H29F3N4O/c1-24-9-11-25(12-10-24)17-6-8-26(14-15(17)4-3-13-27)18-16(19(20,21)22)5-2-7-23-18/h2,5,7,15,17,27H,3-4,6,8-14H2,1H3/t15-,17+/m1/s1. The van der Waals surface area contributed by atoms with Crippen LogP contribution in [0.2, 0.25) is 0 Å². The van der Waals surface area contributed by atoms with Crippen LogP contribution in [-0.4, -0.2) is 78.9 Å². The van der Waals surface area contributed by atoms with Gasteiger partial charge in [-0.3, -0.25) is 4.90 Å². The lowest BCUT2D eigenvalue weighted by Gasteiger charge is -2.47. The zero-order chi connectivity index (χ0) is 19.4. The van der Waals surface area contributed by atoms with Gasteiger partial charge in [0.15, 0.2) is 0 Å². The van der Waals surface area contributed by atoms with Crippen molar-refractivity contribution in [2.45, 2.75) is 31.5 Å². The van der Waals surface area contributed by atoms with Crippen LogP contribution in [0.25, 0.3) is 0 Å². The third-order valence-corrected chi connectivity index (χ3v) is 5.83. The Hall–Kier alpha value is -1.38. The molecule has 0 amide bonds. The SMILES string of the molecule is CN1CCN([C@H]2CCN(c3ncccc3C(F)(F)F)C[C@H]2CCCO)CC1. The summed E-state index contributed by atoms with van der Waals surface area (Å²) in [7, 11) is 2.11. The Bertz CT molecular complexity index is 605. The number of aromatic nitrogens is 1. The topological polar surface area (TPSA) is 42.8 Å². The maximum absolute atomic E-state index is 13.4. The Morgan fingerprint density at radius 3 is 2.59 bits per heavy atom. The van der Waals surface area contributed by atoms with Crippen molar-refractivity contribution in [2.75, 3.05) is 57.8 Å². The number of piperazine rings is 1. The molecule has 3 heterocycles. The highest BCUT2D eigenvalue weighted by Crippen LogP contribution is 2.37. The zero-order valence-corrected chi connectivity index (χ0v) is 15.8. The Balaban J connectivity index is 1.76. The van der Waals surface area contributed by atoms with Crippen molar-refractivity contribution in [3.8, 4) is 0 Å². The average molecular weight is 386 g/mol. The fourth-order valence-electron chi connectivity index (χ4n) is 4.35. The first-order valence-electron chi connectivity index (χ1n) is 9.70. The second-order valence-corrected chi connectivity index (χ2v) is 7.64. The maximum Gasteiger partial charge on any atom is 0.419 e. The number of piperidine rings is 1. The lowest BCUT2D eigenvalue weighted by molar-refractivity contribution is -0.137. The van der Waals surface area contributed by atoms with Crippen molar-refractivity contribution in [1.82, 2.24) is 14.8 Å². The smallest absolute Gasteiger partial charge is 0.396 e. The summed E-state index contributed by atoms with van der Waals surface area (Å²) in [6.07, 6.45) is -0.651. The lowest BCUT2D eigenvalue weighted by Crippen LogP contribution is -2.56. The molecule has 0 saturated carbocycles. The van der Waals surface area contributed by atoms with E-state index in [1.165, 1.54) is 12.3 Å². The van der Waals surface area contributed by atoms with Gasteiger partial charge in [-0.25, -0.2) is 4.98 Å². The molecule has 3 rings (SSSR count). The summed E-state index contributed by atoms with van der Waals surface area (Å²) in [4.78, 5) is 10.6. The van der Waals surface area contributed by atoms with Crippen LogP contribution >= 0.6 is 0 Å². The Morgan fingerprint density at radius 1 is 1.19 bits per heavy atom. The summed E-state index contributed by atoms with van der Waals surface area (Å²) >= 11 is 0. The molecule has 1 aromatic rings. The molecule has 2 saturated heterocycles. The van der Waals surface area contributed by atoms with E-state index < -0.39 is 11.7 Å². The highest BCUT2D eigenvalue weighted by Gasteiger charge is 2.39. The first-order valence-corrected chi connectivity index (χ1v) is 9.70. The summed E-state index contributed by atoms with van der Waals surface area (Å²) in [5.41, 5.74) is -0.663. The maximum atomic E-state index is 13.4. The summed E-state index contributed by atoms with van der Waals surface area (Å²) < 4.78 is 40.2. The Labute approximate surface area is 158 Å². The van der Waals surface area contributed by atoms with Crippen molar-refractivity contribution < 1.29 is 18.3 Å². The summed E-state index contributed by atoms with van der Waals surface area (Å²) in [5.74, 6) is 0.272. The number of hydrogen-bond acceptors (Lipinski definition) is 5. The molecule has 152 valence electrons. The summed E-state index contributed by atoms with van der Waals surface area (Å²) in [6, 6.07) is 2.81. The monoisotopic (exact) mass is 386 g/mol. The molecular weight excluding hydrogens is 357 g/mol. The average Bonchev–Trinajstić information content (AvgIpc) is 2.66. The number of alkyl halides is 3. The largest absolute Gasteiger partial charge is 0.419 e. The molecule has 1 N–H and O–H groups in total. The number of aliphatic hydroxyl groups excluding tert-OH is 1. The van der Waals surface area contributed by atoms with Gasteiger partial charge in [-0.05, 0) is 44.4 Å². The van der Waals surface area contributed by atoms with E-state index in [1.54, 1.807) is 4.90 Å². The molecule has 5 nitrogen and oxygen atoms in total. The fourth-order valence-corrected chi connectivity index (χ4v) is 4.35. The van der Waals surface area contributed by atoms with Gasteiger partial charge in [0.2, 0.25) is 0 Å². The third kappa shape index (κ3) is 4.92. The number of pyridine rings is 1. The molecule has 0 aromatic carbocycles. The van der Waals surface area contributed by atoms with E-state index in [9.17, 15) is 18.3 Å². The second kappa shape index (κ2) is 8.75. The van der Waals surface area contributed by atoms with Gasteiger partial charge in [0.25, 0.3) is 0 Å². The molecule has 1 aromatic heterocycles. The number of hydrogen-bond donors (Lipinski definition) is 1. The molecule has 2 fully saturated rings. The van der Waals surface area contributed by atoms with E-state index in [-0.39, 0.29) is 18.3 Å². The van der Waals surface area contributed by atoms with Crippen LogP contribution < -0.4 is 4.90 Å². The van der Waals surface area contributed by atoms with Gasteiger partial charge in [-0.15, -0.1) is 0 Å². The van der Waals surface area contributed by atoms with E-state index >= 15 is 0 Å². The zero-order valence-electron chi connectivity index (χ0n) is 15.8. The molecule has 0 unspecified atom stereocenters. The Morgan fingerprint density at radius 2 is 1.93 bits per heavy atom. The number of aliphatic hydroxyl groups is 1. The van der Waals surface area contributed by atoms with Crippen LogP contribution in [0.1, 0.15) is 24.8 Å². The highest BCUT2D eigenvalue weighted by molar-refractivity contribution is 5.49. The normalized spacial score (nSPS) is 25.7.